The number of hydrogen-bond acceptors (Lipinski definition) is 7. The standard InChI is InChI=1S/C20H16FN7O3/c1-12-9-17(25-31-12)23-18(29)11-28-19(24-26-27-28)15-7-2-3-8-16(15)22-20(30)13-5-4-6-14(21)10-13/h2-10H,11H2,1H3,(H,22,30)(H,23,25,29). The highest BCUT2D eigenvalue weighted by Gasteiger charge is 2.18. The summed E-state index contributed by atoms with van der Waals surface area (Å²) in [5.41, 5.74) is 1.05. The Bertz CT molecular complexity index is 1250. The minimum Gasteiger partial charge on any atom is -0.360 e. The van der Waals surface area contributed by atoms with Crippen LogP contribution in [0.1, 0.15) is 16.1 Å². The zero-order valence-corrected chi connectivity index (χ0v) is 16.2. The van der Waals surface area contributed by atoms with Crippen molar-refractivity contribution < 1.29 is 18.5 Å². The predicted octanol–water partition coefficient (Wildman–Crippen LogP) is 2.67. The zero-order valence-electron chi connectivity index (χ0n) is 16.2. The smallest absolute Gasteiger partial charge is 0.255 e. The molecule has 4 aromatic rings. The molecule has 0 atom stereocenters. The van der Waals surface area contributed by atoms with Crippen LogP contribution in [-0.2, 0) is 11.3 Å². The molecule has 11 heteroatoms. The van der Waals surface area contributed by atoms with E-state index >= 15 is 0 Å². The fraction of sp³-hybridized carbons (Fsp3) is 0.100. The van der Waals surface area contributed by atoms with Crippen LogP contribution in [0.4, 0.5) is 15.9 Å². The Morgan fingerprint density at radius 2 is 1.94 bits per heavy atom. The summed E-state index contributed by atoms with van der Waals surface area (Å²) in [4.78, 5) is 24.9. The first kappa shape index (κ1) is 19.9. The molecule has 0 aliphatic carbocycles. The highest BCUT2D eigenvalue weighted by atomic mass is 19.1. The van der Waals surface area contributed by atoms with Gasteiger partial charge in [0.2, 0.25) is 5.91 Å². The summed E-state index contributed by atoms with van der Waals surface area (Å²) in [6.07, 6.45) is 0. The number of nitrogens with one attached hydrogen (secondary N) is 2. The molecule has 2 amide bonds. The molecule has 10 nitrogen and oxygen atoms in total. The van der Waals surface area contributed by atoms with Gasteiger partial charge in [-0.2, -0.15) is 0 Å². The maximum Gasteiger partial charge on any atom is 0.255 e. The summed E-state index contributed by atoms with van der Waals surface area (Å²) in [6.45, 7) is 1.51. The molecule has 2 aromatic carbocycles. The van der Waals surface area contributed by atoms with Crippen LogP contribution in [0.3, 0.4) is 0 Å². The minimum absolute atomic E-state index is 0.164. The Balaban J connectivity index is 1.55. The van der Waals surface area contributed by atoms with Crippen molar-refractivity contribution in [2.45, 2.75) is 13.5 Å². The van der Waals surface area contributed by atoms with Crippen molar-refractivity contribution in [3.63, 3.8) is 0 Å². The minimum atomic E-state index is -0.516. The zero-order chi connectivity index (χ0) is 21.8. The lowest BCUT2D eigenvalue weighted by molar-refractivity contribution is -0.116. The number of hydrogen-bond donors (Lipinski definition) is 2. The molecule has 0 radical (unpaired) electrons. The average Bonchev–Trinajstić information content (AvgIpc) is 3.37. The molecule has 0 aliphatic rings. The van der Waals surface area contributed by atoms with Crippen LogP contribution in [0.25, 0.3) is 11.4 Å². The molecule has 31 heavy (non-hydrogen) atoms. The maximum atomic E-state index is 13.4. The fourth-order valence-electron chi connectivity index (χ4n) is 2.86. The van der Waals surface area contributed by atoms with Crippen molar-refractivity contribution in [2.75, 3.05) is 10.6 Å². The van der Waals surface area contributed by atoms with Gasteiger partial charge in [0.15, 0.2) is 11.6 Å². The molecule has 4 rings (SSSR count). The molecule has 0 saturated carbocycles. The Labute approximate surface area is 175 Å². The second-order valence-corrected chi connectivity index (χ2v) is 6.54. The number of anilines is 2. The number of carbonyl (C=O) groups is 2. The molecule has 0 fully saturated rings. The van der Waals surface area contributed by atoms with Gasteiger partial charge in [-0.05, 0) is 47.7 Å². The molecule has 0 spiro atoms. The van der Waals surface area contributed by atoms with Crippen LogP contribution >= 0.6 is 0 Å². The van der Waals surface area contributed by atoms with Crippen LogP contribution < -0.4 is 10.6 Å². The quantitative estimate of drug-likeness (QED) is 0.490. The van der Waals surface area contributed by atoms with Crippen molar-refractivity contribution in [1.29, 1.82) is 0 Å². The highest BCUT2D eigenvalue weighted by Crippen LogP contribution is 2.26. The lowest BCUT2D eigenvalue weighted by Gasteiger charge is -2.11. The van der Waals surface area contributed by atoms with E-state index in [9.17, 15) is 14.0 Å². The third-order valence-corrected chi connectivity index (χ3v) is 4.22. The van der Waals surface area contributed by atoms with E-state index in [1.54, 1.807) is 37.3 Å². The number of rotatable bonds is 6. The molecular weight excluding hydrogens is 405 g/mol. The van der Waals surface area contributed by atoms with Crippen LogP contribution in [0.5, 0.6) is 0 Å². The molecule has 2 aromatic heterocycles. The van der Waals surface area contributed by atoms with Gasteiger partial charge in [0, 0.05) is 17.2 Å². The molecular formula is C20H16FN7O3. The lowest BCUT2D eigenvalue weighted by Crippen LogP contribution is -2.20. The SMILES string of the molecule is Cc1cc(NC(=O)Cn2nnnc2-c2ccccc2NC(=O)c2cccc(F)c2)no1. The number of carbonyl (C=O) groups excluding carboxylic acids is 2. The maximum absolute atomic E-state index is 13.4. The summed E-state index contributed by atoms with van der Waals surface area (Å²) >= 11 is 0. The highest BCUT2D eigenvalue weighted by molar-refractivity contribution is 6.06. The number of tetrazole rings is 1. The summed E-state index contributed by atoms with van der Waals surface area (Å²) < 4.78 is 19.6. The Kier molecular flexibility index (Phi) is 5.47. The number of halogens is 1. The van der Waals surface area contributed by atoms with Gasteiger partial charge in [-0.15, -0.1) is 5.10 Å². The topological polar surface area (TPSA) is 128 Å². The van der Waals surface area contributed by atoms with E-state index in [0.717, 1.165) is 6.07 Å². The van der Waals surface area contributed by atoms with Gasteiger partial charge >= 0.3 is 0 Å². The van der Waals surface area contributed by atoms with E-state index in [2.05, 4.69) is 31.3 Å². The molecule has 2 N–H and O–H groups in total. The van der Waals surface area contributed by atoms with Gasteiger partial charge in [0.05, 0.1) is 5.69 Å². The first-order valence-electron chi connectivity index (χ1n) is 9.15. The molecule has 156 valence electrons. The van der Waals surface area contributed by atoms with Gasteiger partial charge in [0.1, 0.15) is 18.1 Å². The Morgan fingerprint density at radius 1 is 1.10 bits per heavy atom. The molecule has 0 bridgehead atoms. The van der Waals surface area contributed by atoms with Crippen molar-refractivity contribution >= 4 is 23.3 Å². The predicted molar refractivity (Wildman–Crippen MR) is 107 cm³/mol. The Morgan fingerprint density at radius 3 is 2.71 bits per heavy atom. The summed E-state index contributed by atoms with van der Waals surface area (Å²) in [5, 5.41) is 20.5. The third-order valence-electron chi connectivity index (χ3n) is 4.22. The van der Waals surface area contributed by atoms with Crippen LogP contribution in [-0.4, -0.2) is 37.2 Å². The average molecular weight is 421 g/mol. The number of para-hydroxylation sites is 1. The molecule has 0 unspecified atom stereocenters. The van der Waals surface area contributed by atoms with E-state index in [-0.39, 0.29) is 23.8 Å². The van der Waals surface area contributed by atoms with Crippen LogP contribution in [0, 0.1) is 12.7 Å². The number of aromatic nitrogens is 5. The van der Waals surface area contributed by atoms with Gasteiger partial charge in [0.25, 0.3) is 5.91 Å². The number of aryl methyl sites for hydroxylation is 1. The summed E-state index contributed by atoms with van der Waals surface area (Å²) in [5.74, 6) is -0.325. The van der Waals surface area contributed by atoms with Gasteiger partial charge in [-0.1, -0.05) is 23.4 Å². The lowest BCUT2D eigenvalue weighted by atomic mass is 10.1. The number of amides is 2. The first-order valence-corrected chi connectivity index (χ1v) is 9.15. The third kappa shape index (κ3) is 4.61. The van der Waals surface area contributed by atoms with Crippen LogP contribution in [0.15, 0.2) is 59.1 Å². The van der Waals surface area contributed by atoms with Gasteiger partial charge in [-0.3, -0.25) is 9.59 Å². The van der Waals surface area contributed by atoms with Gasteiger partial charge < -0.3 is 15.2 Å². The monoisotopic (exact) mass is 421 g/mol. The van der Waals surface area contributed by atoms with Crippen molar-refractivity contribution in [2.24, 2.45) is 0 Å². The summed E-state index contributed by atoms with van der Waals surface area (Å²) in [6, 6.07) is 13.7. The number of benzene rings is 2. The first-order chi connectivity index (χ1) is 15.0. The van der Waals surface area contributed by atoms with E-state index < -0.39 is 17.6 Å². The fourth-order valence-corrected chi connectivity index (χ4v) is 2.86. The largest absolute Gasteiger partial charge is 0.360 e. The second-order valence-electron chi connectivity index (χ2n) is 6.54. The van der Waals surface area contributed by atoms with Crippen LogP contribution in [0.2, 0.25) is 0 Å². The van der Waals surface area contributed by atoms with Crippen molar-refractivity contribution in [1.82, 2.24) is 25.4 Å². The summed E-state index contributed by atoms with van der Waals surface area (Å²) in [7, 11) is 0. The number of nitrogens with zero attached hydrogens (tertiary/aromatic N) is 5. The Hall–Kier alpha value is -4.41. The van der Waals surface area contributed by atoms with Gasteiger partial charge in [-0.25, -0.2) is 9.07 Å². The second kappa shape index (κ2) is 8.53. The molecule has 0 aliphatic heterocycles. The normalized spacial score (nSPS) is 10.6. The van der Waals surface area contributed by atoms with E-state index in [0.29, 0.717) is 17.0 Å². The van der Waals surface area contributed by atoms with E-state index in [1.165, 1.54) is 22.9 Å². The van der Waals surface area contributed by atoms with E-state index in [4.69, 9.17) is 4.52 Å². The van der Waals surface area contributed by atoms with Crippen molar-refractivity contribution in [3.05, 3.63) is 71.7 Å². The van der Waals surface area contributed by atoms with Crippen molar-refractivity contribution in [3.8, 4) is 11.4 Å². The molecule has 0 saturated heterocycles. The molecule has 2 heterocycles. The van der Waals surface area contributed by atoms with E-state index in [1.807, 2.05) is 0 Å².